The minimum atomic E-state index is 0.0529. The Kier molecular flexibility index (Phi) is 3.38. The van der Waals surface area contributed by atoms with Crippen LogP contribution in [-0.4, -0.2) is 27.3 Å². The van der Waals surface area contributed by atoms with Gasteiger partial charge >= 0.3 is 0 Å². The minimum absolute atomic E-state index is 0.0529. The minimum Gasteiger partial charge on any atom is -0.363 e. The van der Waals surface area contributed by atoms with Crippen LogP contribution in [0.2, 0.25) is 0 Å². The lowest BCUT2D eigenvalue weighted by Gasteiger charge is -2.24. The molecule has 5 heteroatoms. The SMILES string of the molecule is O=C(c1ccc(Br)nc1)N1CCCC1c1ccc[nH]1. The highest BCUT2D eigenvalue weighted by Crippen LogP contribution is 2.32. The number of pyridine rings is 1. The van der Waals surface area contributed by atoms with Crippen molar-refractivity contribution in [1.29, 1.82) is 0 Å². The highest BCUT2D eigenvalue weighted by Gasteiger charge is 2.31. The van der Waals surface area contributed by atoms with Gasteiger partial charge in [0, 0.05) is 24.6 Å². The van der Waals surface area contributed by atoms with E-state index in [1.807, 2.05) is 29.3 Å². The lowest BCUT2D eigenvalue weighted by atomic mass is 10.1. The van der Waals surface area contributed by atoms with Crippen molar-refractivity contribution in [3.63, 3.8) is 0 Å². The summed E-state index contributed by atoms with van der Waals surface area (Å²) in [7, 11) is 0. The maximum Gasteiger partial charge on any atom is 0.255 e. The van der Waals surface area contributed by atoms with Crippen LogP contribution in [0.4, 0.5) is 0 Å². The van der Waals surface area contributed by atoms with E-state index < -0.39 is 0 Å². The fourth-order valence-corrected chi connectivity index (χ4v) is 2.79. The standard InChI is InChI=1S/C14H14BrN3O/c15-13-6-5-10(9-17-13)14(19)18-8-2-4-12(18)11-3-1-7-16-11/h1,3,5-7,9,12,16H,2,4,8H2. The van der Waals surface area contributed by atoms with Crippen LogP contribution in [0.15, 0.2) is 41.3 Å². The van der Waals surface area contributed by atoms with E-state index in [0.717, 1.165) is 29.7 Å². The zero-order chi connectivity index (χ0) is 13.2. The number of aromatic amines is 1. The van der Waals surface area contributed by atoms with Gasteiger partial charge < -0.3 is 9.88 Å². The molecule has 3 heterocycles. The Labute approximate surface area is 120 Å². The van der Waals surface area contributed by atoms with Gasteiger partial charge in [0.1, 0.15) is 4.60 Å². The normalized spacial score (nSPS) is 18.8. The van der Waals surface area contributed by atoms with Crippen LogP contribution in [0, 0.1) is 0 Å². The van der Waals surface area contributed by atoms with Crippen molar-refractivity contribution in [1.82, 2.24) is 14.9 Å². The van der Waals surface area contributed by atoms with Crippen molar-refractivity contribution in [2.45, 2.75) is 18.9 Å². The second kappa shape index (κ2) is 5.17. The number of carbonyl (C=O) groups is 1. The fourth-order valence-electron chi connectivity index (χ4n) is 2.55. The number of halogens is 1. The molecule has 0 saturated carbocycles. The maximum atomic E-state index is 12.5. The number of amides is 1. The van der Waals surface area contributed by atoms with Gasteiger partial charge in [0.15, 0.2) is 0 Å². The zero-order valence-corrected chi connectivity index (χ0v) is 11.9. The van der Waals surface area contributed by atoms with E-state index in [1.54, 1.807) is 12.3 Å². The Morgan fingerprint density at radius 1 is 1.42 bits per heavy atom. The first-order valence-electron chi connectivity index (χ1n) is 6.31. The number of aromatic nitrogens is 2. The third-order valence-electron chi connectivity index (χ3n) is 3.47. The predicted octanol–water partition coefficient (Wildman–Crippen LogP) is 3.15. The Morgan fingerprint density at radius 2 is 2.32 bits per heavy atom. The molecule has 1 aliphatic heterocycles. The molecule has 2 aromatic rings. The quantitative estimate of drug-likeness (QED) is 0.864. The number of rotatable bonds is 2. The molecule has 4 nitrogen and oxygen atoms in total. The number of nitrogens with zero attached hydrogens (tertiary/aromatic N) is 2. The van der Waals surface area contributed by atoms with Gasteiger partial charge in [-0.15, -0.1) is 0 Å². The Morgan fingerprint density at radius 3 is 3.00 bits per heavy atom. The van der Waals surface area contributed by atoms with Gasteiger partial charge in [-0.3, -0.25) is 4.79 Å². The van der Waals surface area contributed by atoms with Crippen molar-refractivity contribution in [3.8, 4) is 0 Å². The molecule has 0 bridgehead atoms. The second-order valence-corrected chi connectivity index (χ2v) is 5.46. The molecule has 0 aromatic carbocycles. The molecule has 0 aliphatic carbocycles. The smallest absolute Gasteiger partial charge is 0.255 e. The van der Waals surface area contributed by atoms with E-state index in [1.165, 1.54) is 0 Å². The van der Waals surface area contributed by atoms with Crippen LogP contribution < -0.4 is 0 Å². The summed E-state index contributed by atoms with van der Waals surface area (Å²) in [5.74, 6) is 0.0529. The van der Waals surface area contributed by atoms with Gasteiger partial charge in [0.05, 0.1) is 11.6 Å². The van der Waals surface area contributed by atoms with Crippen LogP contribution in [0.1, 0.15) is 34.9 Å². The molecule has 1 fully saturated rings. The fraction of sp³-hybridized carbons (Fsp3) is 0.286. The Bertz CT molecular complexity index is 565. The average molecular weight is 320 g/mol. The molecular formula is C14H14BrN3O. The van der Waals surface area contributed by atoms with Gasteiger partial charge in [0.25, 0.3) is 5.91 Å². The third-order valence-corrected chi connectivity index (χ3v) is 3.94. The summed E-state index contributed by atoms with van der Waals surface area (Å²) < 4.78 is 0.742. The third kappa shape index (κ3) is 2.42. The molecular weight excluding hydrogens is 306 g/mol. The monoisotopic (exact) mass is 319 g/mol. The van der Waals surface area contributed by atoms with Gasteiger partial charge in [0.2, 0.25) is 0 Å². The van der Waals surface area contributed by atoms with E-state index in [2.05, 4.69) is 25.9 Å². The first-order chi connectivity index (χ1) is 9.25. The molecule has 0 radical (unpaired) electrons. The van der Waals surface area contributed by atoms with Crippen LogP contribution in [0.5, 0.6) is 0 Å². The van der Waals surface area contributed by atoms with Crippen LogP contribution in [0.25, 0.3) is 0 Å². The largest absolute Gasteiger partial charge is 0.363 e. The predicted molar refractivity (Wildman–Crippen MR) is 75.7 cm³/mol. The van der Waals surface area contributed by atoms with Crippen molar-refractivity contribution in [2.24, 2.45) is 0 Å². The molecule has 1 unspecified atom stereocenters. The summed E-state index contributed by atoms with van der Waals surface area (Å²) in [6.45, 7) is 0.804. The number of hydrogen-bond donors (Lipinski definition) is 1. The summed E-state index contributed by atoms with van der Waals surface area (Å²) in [5, 5.41) is 0. The molecule has 1 aliphatic rings. The topological polar surface area (TPSA) is 49.0 Å². The summed E-state index contributed by atoms with van der Waals surface area (Å²) in [6.07, 6.45) is 5.57. The molecule has 3 rings (SSSR count). The van der Waals surface area contributed by atoms with Crippen molar-refractivity contribution >= 4 is 21.8 Å². The highest BCUT2D eigenvalue weighted by atomic mass is 79.9. The molecule has 1 N–H and O–H groups in total. The molecule has 0 spiro atoms. The molecule has 1 amide bonds. The Hall–Kier alpha value is -1.62. The van der Waals surface area contributed by atoms with E-state index >= 15 is 0 Å². The number of carbonyl (C=O) groups excluding carboxylic acids is 1. The number of likely N-dealkylation sites (tertiary alicyclic amines) is 1. The number of hydrogen-bond acceptors (Lipinski definition) is 2. The van der Waals surface area contributed by atoms with Crippen molar-refractivity contribution < 1.29 is 4.79 Å². The number of H-pyrrole nitrogens is 1. The van der Waals surface area contributed by atoms with Crippen LogP contribution >= 0.6 is 15.9 Å². The number of nitrogens with one attached hydrogen (secondary N) is 1. The summed E-state index contributed by atoms with van der Waals surface area (Å²) in [5.41, 5.74) is 1.75. The zero-order valence-electron chi connectivity index (χ0n) is 10.3. The van der Waals surface area contributed by atoms with E-state index in [9.17, 15) is 4.79 Å². The lowest BCUT2D eigenvalue weighted by Crippen LogP contribution is -2.30. The lowest BCUT2D eigenvalue weighted by molar-refractivity contribution is 0.0733. The second-order valence-electron chi connectivity index (χ2n) is 4.65. The van der Waals surface area contributed by atoms with Gasteiger partial charge in [-0.05, 0) is 53.0 Å². The average Bonchev–Trinajstić information content (AvgIpc) is 3.09. The molecule has 2 aromatic heterocycles. The summed E-state index contributed by atoms with van der Waals surface area (Å²) in [6, 6.07) is 7.77. The Balaban J connectivity index is 1.84. The first kappa shape index (κ1) is 12.4. The van der Waals surface area contributed by atoms with E-state index in [0.29, 0.717) is 5.56 Å². The summed E-state index contributed by atoms with van der Waals surface area (Å²) in [4.78, 5) is 21.8. The summed E-state index contributed by atoms with van der Waals surface area (Å²) >= 11 is 3.28. The van der Waals surface area contributed by atoms with Crippen molar-refractivity contribution in [3.05, 3.63) is 52.5 Å². The molecule has 98 valence electrons. The van der Waals surface area contributed by atoms with Gasteiger partial charge in [-0.2, -0.15) is 0 Å². The van der Waals surface area contributed by atoms with Crippen molar-refractivity contribution in [2.75, 3.05) is 6.54 Å². The van der Waals surface area contributed by atoms with E-state index in [-0.39, 0.29) is 11.9 Å². The van der Waals surface area contributed by atoms with Crippen LogP contribution in [-0.2, 0) is 0 Å². The molecule has 19 heavy (non-hydrogen) atoms. The van der Waals surface area contributed by atoms with Crippen LogP contribution in [0.3, 0.4) is 0 Å². The maximum absolute atomic E-state index is 12.5. The molecule has 1 saturated heterocycles. The molecule has 1 atom stereocenters. The van der Waals surface area contributed by atoms with Gasteiger partial charge in [-0.25, -0.2) is 4.98 Å². The van der Waals surface area contributed by atoms with E-state index in [4.69, 9.17) is 0 Å². The van der Waals surface area contributed by atoms with Gasteiger partial charge in [-0.1, -0.05) is 0 Å². The first-order valence-corrected chi connectivity index (χ1v) is 7.11. The highest BCUT2D eigenvalue weighted by molar-refractivity contribution is 9.10.